The quantitative estimate of drug-likeness (QED) is 0.858. The Balaban J connectivity index is 2.60. The third-order valence-electron chi connectivity index (χ3n) is 3.28. The average Bonchev–Trinajstić information content (AvgIpc) is 2.26. The van der Waals surface area contributed by atoms with Crippen LogP contribution in [0.4, 0.5) is 4.39 Å². The summed E-state index contributed by atoms with van der Waals surface area (Å²) >= 11 is 6.01. The Hall–Kier alpha value is -1.38. The molecule has 0 aromatic heterocycles. The third kappa shape index (κ3) is 2.65. The van der Waals surface area contributed by atoms with Crippen LogP contribution in [0.3, 0.4) is 0 Å². The molecular formula is C16H16ClFO. The fourth-order valence-corrected chi connectivity index (χ4v) is 2.81. The molecule has 1 nitrogen and oxygen atoms in total. The second-order valence-electron chi connectivity index (χ2n) is 4.85. The van der Waals surface area contributed by atoms with E-state index in [1.54, 1.807) is 6.07 Å². The van der Waals surface area contributed by atoms with Crippen LogP contribution in [-0.4, -0.2) is 5.11 Å². The molecule has 1 unspecified atom stereocenters. The number of benzene rings is 2. The minimum Gasteiger partial charge on any atom is -0.383 e. The third-order valence-corrected chi connectivity index (χ3v) is 3.61. The zero-order valence-corrected chi connectivity index (χ0v) is 11.9. The van der Waals surface area contributed by atoms with E-state index in [1.165, 1.54) is 12.1 Å². The number of aryl methyl sites for hydroxylation is 3. The summed E-state index contributed by atoms with van der Waals surface area (Å²) in [5.74, 6) is -0.487. The smallest absolute Gasteiger partial charge is 0.130 e. The lowest BCUT2D eigenvalue weighted by Gasteiger charge is -2.19. The van der Waals surface area contributed by atoms with Gasteiger partial charge in [-0.05, 0) is 49.6 Å². The maximum atomic E-state index is 13.9. The Bertz CT molecular complexity index is 579. The Kier molecular flexibility index (Phi) is 3.93. The van der Waals surface area contributed by atoms with Gasteiger partial charge in [-0.25, -0.2) is 4.39 Å². The van der Waals surface area contributed by atoms with Gasteiger partial charge in [-0.1, -0.05) is 35.4 Å². The van der Waals surface area contributed by atoms with Gasteiger partial charge in [-0.3, -0.25) is 0 Å². The van der Waals surface area contributed by atoms with Crippen LogP contribution in [-0.2, 0) is 0 Å². The zero-order chi connectivity index (χ0) is 14.2. The zero-order valence-electron chi connectivity index (χ0n) is 11.2. The summed E-state index contributed by atoms with van der Waals surface area (Å²) in [6.45, 7) is 5.81. The summed E-state index contributed by atoms with van der Waals surface area (Å²) in [6, 6.07) is 8.37. The molecule has 0 saturated heterocycles. The van der Waals surface area contributed by atoms with Crippen LogP contribution < -0.4 is 0 Å². The average molecular weight is 279 g/mol. The molecule has 100 valence electrons. The monoisotopic (exact) mass is 278 g/mol. The van der Waals surface area contributed by atoms with Crippen molar-refractivity contribution in [3.63, 3.8) is 0 Å². The number of rotatable bonds is 2. The maximum Gasteiger partial charge on any atom is 0.130 e. The molecule has 2 aromatic rings. The molecule has 0 heterocycles. The molecule has 0 aliphatic rings. The van der Waals surface area contributed by atoms with Crippen LogP contribution in [0.25, 0.3) is 0 Å². The van der Waals surface area contributed by atoms with Gasteiger partial charge in [0.1, 0.15) is 11.9 Å². The van der Waals surface area contributed by atoms with Crippen molar-refractivity contribution in [2.24, 2.45) is 0 Å². The molecule has 0 radical (unpaired) electrons. The highest BCUT2D eigenvalue weighted by molar-refractivity contribution is 6.31. The summed E-state index contributed by atoms with van der Waals surface area (Å²) in [4.78, 5) is 0. The summed E-state index contributed by atoms with van der Waals surface area (Å²) in [7, 11) is 0. The van der Waals surface area contributed by atoms with Gasteiger partial charge in [0.15, 0.2) is 0 Å². The molecule has 1 N–H and O–H groups in total. The first-order valence-electron chi connectivity index (χ1n) is 6.11. The van der Waals surface area contributed by atoms with Crippen LogP contribution in [0.2, 0.25) is 5.02 Å². The standard InChI is InChI=1S/C16H16ClFO/c1-9-7-10(2)14(11(3)8-9)16(19)15-12(17)5-4-6-13(15)18/h4-8,16,19H,1-3H3. The Morgan fingerprint density at radius 3 is 2.16 bits per heavy atom. The number of halogens is 2. The summed E-state index contributed by atoms with van der Waals surface area (Å²) in [5.41, 5.74) is 3.84. The van der Waals surface area contributed by atoms with Gasteiger partial charge in [0.05, 0.1) is 0 Å². The molecule has 0 bridgehead atoms. The van der Waals surface area contributed by atoms with Crippen LogP contribution >= 0.6 is 11.6 Å². The van der Waals surface area contributed by atoms with Crippen molar-refractivity contribution in [1.29, 1.82) is 0 Å². The van der Waals surface area contributed by atoms with Crippen LogP contribution in [0.1, 0.15) is 33.9 Å². The van der Waals surface area contributed by atoms with E-state index in [9.17, 15) is 9.50 Å². The van der Waals surface area contributed by atoms with Gasteiger partial charge < -0.3 is 5.11 Å². The highest BCUT2D eigenvalue weighted by Gasteiger charge is 2.21. The fourth-order valence-electron chi connectivity index (χ4n) is 2.54. The van der Waals surface area contributed by atoms with Crippen molar-refractivity contribution in [1.82, 2.24) is 0 Å². The Morgan fingerprint density at radius 2 is 1.63 bits per heavy atom. The van der Waals surface area contributed by atoms with Gasteiger partial charge >= 0.3 is 0 Å². The number of aliphatic hydroxyl groups excluding tert-OH is 1. The van der Waals surface area contributed by atoms with Crippen molar-refractivity contribution in [2.75, 3.05) is 0 Å². The van der Waals surface area contributed by atoms with Crippen molar-refractivity contribution in [3.05, 3.63) is 69.0 Å². The van der Waals surface area contributed by atoms with Crippen LogP contribution in [0.5, 0.6) is 0 Å². The SMILES string of the molecule is Cc1cc(C)c(C(O)c2c(F)cccc2Cl)c(C)c1. The predicted molar refractivity (Wildman–Crippen MR) is 76.1 cm³/mol. The van der Waals surface area contributed by atoms with Gasteiger partial charge in [0, 0.05) is 10.6 Å². The molecule has 0 aliphatic heterocycles. The van der Waals surface area contributed by atoms with Crippen LogP contribution in [0, 0.1) is 26.6 Å². The molecule has 0 saturated carbocycles. The minimum absolute atomic E-state index is 0.138. The molecule has 3 heteroatoms. The molecule has 2 rings (SSSR count). The van der Waals surface area contributed by atoms with E-state index in [0.29, 0.717) is 0 Å². The van der Waals surface area contributed by atoms with Gasteiger partial charge in [-0.15, -0.1) is 0 Å². The predicted octanol–water partition coefficient (Wildman–Crippen LogP) is 4.49. The molecular weight excluding hydrogens is 263 g/mol. The summed E-state index contributed by atoms with van der Waals surface area (Å²) in [5, 5.41) is 10.7. The first-order chi connectivity index (χ1) is 8.91. The second-order valence-corrected chi connectivity index (χ2v) is 5.26. The largest absolute Gasteiger partial charge is 0.383 e. The molecule has 0 spiro atoms. The molecule has 2 aromatic carbocycles. The summed E-state index contributed by atoms with van der Waals surface area (Å²) in [6.07, 6.45) is -1.05. The maximum absolute atomic E-state index is 13.9. The lowest BCUT2D eigenvalue weighted by atomic mass is 9.91. The van der Waals surface area contributed by atoms with Gasteiger partial charge in [-0.2, -0.15) is 0 Å². The highest BCUT2D eigenvalue weighted by atomic mass is 35.5. The second kappa shape index (κ2) is 5.32. The molecule has 1 atom stereocenters. The molecule has 0 aliphatic carbocycles. The van der Waals surface area contributed by atoms with E-state index in [2.05, 4.69) is 0 Å². The van der Waals surface area contributed by atoms with E-state index in [1.807, 2.05) is 32.9 Å². The molecule has 19 heavy (non-hydrogen) atoms. The van der Waals surface area contributed by atoms with Crippen molar-refractivity contribution >= 4 is 11.6 Å². The number of hydrogen-bond acceptors (Lipinski definition) is 1. The highest BCUT2D eigenvalue weighted by Crippen LogP contribution is 2.34. The van der Waals surface area contributed by atoms with Crippen LogP contribution in [0.15, 0.2) is 30.3 Å². The van der Waals surface area contributed by atoms with E-state index < -0.39 is 11.9 Å². The van der Waals surface area contributed by atoms with Crippen molar-refractivity contribution in [2.45, 2.75) is 26.9 Å². The van der Waals surface area contributed by atoms with Crippen molar-refractivity contribution < 1.29 is 9.50 Å². The minimum atomic E-state index is -1.05. The molecule has 0 amide bonds. The Labute approximate surface area is 117 Å². The lowest BCUT2D eigenvalue weighted by molar-refractivity contribution is 0.213. The number of aliphatic hydroxyl groups is 1. The number of hydrogen-bond donors (Lipinski definition) is 1. The normalized spacial score (nSPS) is 12.5. The summed E-state index contributed by atoms with van der Waals surface area (Å²) < 4.78 is 13.9. The van der Waals surface area contributed by atoms with E-state index >= 15 is 0 Å². The first kappa shape index (κ1) is 14.0. The van der Waals surface area contributed by atoms with E-state index in [0.717, 1.165) is 22.3 Å². The van der Waals surface area contributed by atoms with Crippen molar-refractivity contribution in [3.8, 4) is 0 Å². The fraction of sp³-hybridized carbons (Fsp3) is 0.250. The first-order valence-corrected chi connectivity index (χ1v) is 6.49. The molecule has 0 fully saturated rings. The lowest BCUT2D eigenvalue weighted by Crippen LogP contribution is -2.08. The van der Waals surface area contributed by atoms with Gasteiger partial charge in [0.2, 0.25) is 0 Å². The van der Waals surface area contributed by atoms with E-state index in [4.69, 9.17) is 11.6 Å². The Morgan fingerprint density at radius 1 is 1.05 bits per heavy atom. The topological polar surface area (TPSA) is 20.2 Å². The van der Waals surface area contributed by atoms with Gasteiger partial charge in [0.25, 0.3) is 0 Å². The van der Waals surface area contributed by atoms with E-state index in [-0.39, 0.29) is 10.6 Å².